The second kappa shape index (κ2) is 4.42. The lowest BCUT2D eigenvalue weighted by Gasteiger charge is -2.09. The Labute approximate surface area is 99.4 Å². The molecule has 3 N–H and O–H groups in total. The molecule has 0 saturated carbocycles. The van der Waals surface area contributed by atoms with Crippen molar-refractivity contribution >= 4 is 21.4 Å². The van der Waals surface area contributed by atoms with Gasteiger partial charge in [0.2, 0.25) is 0 Å². The number of anilines is 2. The number of nitrogens with zero attached hydrogens (tertiary/aromatic N) is 1. The monoisotopic (exact) mass is 249 g/mol. The number of rotatable bonds is 3. The molecule has 17 heavy (non-hydrogen) atoms. The number of hydrogen-bond acceptors (Lipinski definition) is 4. The van der Waals surface area contributed by atoms with E-state index in [4.69, 9.17) is 5.73 Å². The van der Waals surface area contributed by atoms with E-state index in [1.807, 2.05) is 0 Å². The lowest BCUT2D eigenvalue weighted by atomic mass is 10.3. The highest BCUT2D eigenvalue weighted by molar-refractivity contribution is 7.92. The Balaban J connectivity index is 2.34. The van der Waals surface area contributed by atoms with E-state index in [0.717, 1.165) is 0 Å². The summed E-state index contributed by atoms with van der Waals surface area (Å²) in [5, 5.41) is 0. The predicted molar refractivity (Wildman–Crippen MR) is 65.9 cm³/mol. The maximum atomic E-state index is 11.9. The van der Waals surface area contributed by atoms with Crippen LogP contribution in [-0.2, 0) is 10.0 Å². The van der Waals surface area contributed by atoms with Crippen molar-refractivity contribution in [2.24, 2.45) is 0 Å². The maximum absolute atomic E-state index is 11.9. The van der Waals surface area contributed by atoms with Crippen LogP contribution in [0.1, 0.15) is 0 Å². The second-order valence-corrected chi connectivity index (χ2v) is 5.06. The average Bonchev–Trinajstić information content (AvgIpc) is 2.33. The molecule has 0 atom stereocenters. The molecule has 0 unspecified atom stereocenters. The van der Waals surface area contributed by atoms with Gasteiger partial charge in [-0.3, -0.25) is 9.71 Å². The molecule has 0 radical (unpaired) electrons. The van der Waals surface area contributed by atoms with Crippen molar-refractivity contribution in [1.29, 1.82) is 0 Å². The molecule has 2 rings (SSSR count). The van der Waals surface area contributed by atoms with E-state index in [0.29, 0.717) is 11.4 Å². The number of nitrogen functional groups attached to an aromatic ring is 1. The molecule has 88 valence electrons. The van der Waals surface area contributed by atoms with Crippen LogP contribution in [0, 0.1) is 0 Å². The maximum Gasteiger partial charge on any atom is 0.263 e. The van der Waals surface area contributed by atoms with E-state index in [-0.39, 0.29) is 4.90 Å². The van der Waals surface area contributed by atoms with Crippen molar-refractivity contribution < 1.29 is 8.42 Å². The molecule has 0 aliphatic rings. The first kappa shape index (κ1) is 11.4. The zero-order valence-corrected chi connectivity index (χ0v) is 9.68. The van der Waals surface area contributed by atoms with Crippen molar-refractivity contribution in [3.05, 3.63) is 48.8 Å². The molecule has 0 bridgehead atoms. The van der Waals surface area contributed by atoms with Gasteiger partial charge in [-0.05, 0) is 24.3 Å². The van der Waals surface area contributed by atoms with E-state index < -0.39 is 10.0 Å². The molecule has 1 aromatic carbocycles. The number of benzene rings is 1. The summed E-state index contributed by atoms with van der Waals surface area (Å²) in [6.07, 6.45) is 2.79. The number of sulfonamides is 1. The lowest BCUT2D eigenvalue weighted by Crippen LogP contribution is -2.14. The fourth-order valence-electron chi connectivity index (χ4n) is 1.30. The molecule has 0 spiro atoms. The fourth-order valence-corrected chi connectivity index (χ4v) is 2.35. The average molecular weight is 249 g/mol. The van der Waals surface area contributed by atoms with Crippen molar-refractivity contribution in [2.75, 3.05) is 10.5 Å². The van der Waals surface area contributed by atoms with Crippen LogP contribution in [0.2, 0.25) is 0 Å². The van der Waals surface area contributed by atoms with Gasteiger partial charge in [-0.25, -0.2) is 8.42 Å². The number of nitrogens with two attached hydrogens (primary N) is 1. The molecule has 2 aromatic rings. The number of nitrogens with one attached hydrogen (secondary N) is 1. The van der Waals surface area contributed by atoms with Crippen LogP contribution in [0.3, 0.4) is 0 Å². The fraction of sp³-hybridized carbons (Fsp3) is 0. The van der Waals surface area contributed by atoms with Gasteiger partial charge in [-0.2, -0.15) is 0 Å². The quantitative estimate of drug-likeness (QED) is 0.806. The van der Waals surface area contributed by atoms with Gasteiger partial charge in [-0.15, -0.1) is 0 Å². The minimum atomic E-state index is -3.63. The summed E-state index contributed by atoms with van der Waals surface area (Å²) < 4.78 is 26.3. The van der Waals surface area contributed by atoms with Crippen LogP contribution in [0.4, 0.5) is 11.4 Å². The third-order valence-electron chi connectivity index (χ3n) is 2.15. The molecule has 1 heterocycles. The Morgan fingerprint density at radius 3 is 2.53 bits per heavy atom. The van der Waals surface area contributed by atoms with Gasteiger partial charge in [0, 0.05) is 12.4 Å². The van der Waals surface area contributed by atoms with Crippen LogP contribution < -0.4 is 10.5 Å². The minimum absolute atomic E-state index is 0.100. The second-order valence-electron chi connectivity index (χ2n) is 3.38. The first-order valence-electron chi connectivity index (χ1n) is 4.87. The van der Waals surface area contributed by atoms with Crippen LogP contribution in [0.15, 0.2) is 53.7 Å². The topological polar surface area (TPSA) is 85.1 Å². The summed E-state index contributed by atoms with van der Waals surface area (Å²) in [4.78, 5) is 3.86. The molecule has 6 heteroatoms. The highest BCUT2D eigenvalue weighted by Gasteiger charge is 2.14. The highest BCUT2D eigenvalue weighted by atomic mass is 32.2. The van der Waals surface area contributed by atoms with Gasteiger partial charge < -0.3 is 5.73 Å². The normalized spacial score (nSPS) is 11.1. The molecular formula is C11H11N3O2S. The first-order chi connectivity index (χ1) is 8.09. The largest absolute Gasteiger partial charge is 0.397 e. The Kier molecular flexibility index (Phi) is 2.97. The van der Waals surface area contributed by atoms with Gasteiger partial charge in [0.15, 0.2) is 0 Å². The van der Waals surface area contributed by atoms with Gasteiger partial charge in [0.25, 0.3) is 10.0 Å². The Bertz CT molecular complexity index is 612. The number of pyridine rings is 1. The van der Waals surface area contributed by atoms with E-state index in [2.05, 4.69) is 9.71 Å². The number of hydrogen-bond donors (Lipinski definition) is 2. The third-order valence-corrected chi connectivity index (χ3v) is 3.50. The zero-order chi connectivity index (χ0) is 12.3. The Hall–Kier alpha value is -2.08. The van der Waals surface area contributed by atoms with Gasteiger partial charge in [0.1, 0.15) is 4.90 Å². The smallest absolute Gasteiger partial charge is 0.263 e. The van der Waals surface area contributed by atoms with Crippen molar-refractivity contribution in [2.45, 2.75) is 4.90 Å². The van der Waals surface area contributed by atoms with Crippen molar-refractivity contribution in [3.8, 4) is 0 Å². The van der Waals surface area contributed by atoms with Crippen LogP contribution in [0.5, 0.6) is 0 Å². The van der Waals surface area contributed by atoms with Crippen molar-refractivity contribution in [1.82, 2.24) is 4.98 Å². The SMILES string of the molecule is Nc1ccccc1NS(=O)(=O)c1cccnc1. The zero-order valence-electron chi connectivity index (χ0n) is 8.87. The lowest BCUT2D eigenvalue weighted by molar-refractivity contribution is 0.601. The van der Waals surface area contributed by atoms with Crippen molar-refractivity contribution in [3.63, 3.8) is 0 Å². The molecule has 5 nitrogen and oxygen atoms in total. The summed E-state index contributed by atoms with van der Waals surface area (Å²) in [5.74, 6) is 0. The molecular weight excluding hydrogens is 238 g/mol. The summed E-state index contributed by atoms with van der Waals surface area (Å²) in [7, 11) is -3.63. The summed E-state index contributed by atoms with van der Waals surface area (Å²) >= 11 is 0. The van der Waals surface area contributed by atoms with Crippen LogP contribution in [-0.4, -0.2) is 13.4 Å². The third kappa shape index (κ3) is 2.54. The molecule has 1 aromatic heterocycles. The number of aromatic nitrogens is 1. The van der Waals surface area contributed by atoms with Crippen LogP contribution >= 0.6 is 0 Å². The first-order valence-corrected chi connectivity index (χ1v) is 6.35. The molecule has 0 aliphatic heterocycles. The van der Waals surface area contributed by atoms with Gasteiger partial charge in [0.05, 0.1) is 11.4 Å². The van der Waals surface area contributed by atoms with Crippen LogP contribution in [0.25, 0.3) is 0 Å². The molecule has 0 amide bonds. The van der Waals surface area contributed by atoms with E-state index in [1.165, 1.54) is 18.5 Å². The Morgan fingerprint density at radius 2 is 1.88 bits per heavy atom. The standard InChI is InChI=1S/C11H11N3O2S/c12-10-5-1-2-6-11(10)14-17(15,16)9-4-3-7-13-8-9/h1-8,14H,12H2. The predicted octanol–water partition coefficient (Wildman–Crippen LogP) is 1.46. The van der Waals surface area contributed by atoms with E-state index in [9.17, 15) is 8.42 Å². The highest BCUT2D eigenvalue weighted by Crippen LogP contribution is 2.20. The molecule has 0 saturated heterocycles. The summed E-state index contributed by atoms with van der Waals surface area (Å²) in [6, 6.07) is 9.69. The summed E-state index contributed by atoms with van der Waals surface area (Å²) in [5.41, 5.74) is 6.40. The molecule has 0 fully saturated rings. The molecule has 0 aliphatic carbocycles. The minimum Gasteiger partial charge on any atom is -0.397 e. The van der Waals surface area contributed by atoms with Gasteiger partial charge in [-0.1, -0.05) is 12.1 Å². The van der Waals surface area contributed by atoms with E-state index >= 15 is 0 Å². The Morgan fingerprint density at radius 1 is 1.12 bits per heavy atom. The van der Waals surface area contributed by atoms with Gasteiger partial charge >= 0.3 is 0 Å². The van der Waals surface area contributed by atoms with E-state index in [1.54, 1.807) is 30.3 Å². The number of para-hydroxylation sites is 2. The summed E-state index contributed by atoms with van der Waals surface area (Å²) in [6.45, 7) is 0.